The quantitative estimate of drug-likeness (QED) is 0.854. The molecule has 114 valence electrons. The Hall–Kier alpha value is -2.89. The topological polar surface area (TPSA) is 81.4 Å². The Bertz CT molecular complexity index is 689. The Labute approximate surface area is 126 Å². The molecule has 22 heavy (non-hydrogen) atoms. The van der Waals surface area contributed by atoms with E-state index >= 15 is 0 Å². The Balaban J connectivity index is 1.96. The minimum Gasteiger partial charge on any atom is -0.484 e. The lowest BCUT2D eigenvalue weighted by Crippen LogP contribution is -2.20. The fourth-order valence-corrected chi connectivity index (χ4v) is 1.86. The number of primary amides is 1. The average molecular weight is 302 g/mol. The van der Waals surface area contributed by atoms with Crippen molar-refractivity contribution in [1.82, 2.24) is 0 Å². The molecular weight excluding hydrogens is 287 g/mol. The Kier molecular flexibility index (Phi) is 5.08. The molecule has 0 saturated carbocycles. The van der Waals surface area contributed by atoms with Crippen molar-refractivity contribution in [3.8, 4) is 5.75 Å². The SMILES string of the molecule is NC(=O)COc1cccc(NC(=O)Cc2cccc(F)c2)c1. The number of ether oxygens (including phenoxy) is 1. The van der Waals surface area contributed by atoms with E-state index in [9.17, 15) is 14.0 Å². The normalized spacial score (nSPS) is 10.0. The van der Waals surface area contributed by atoms with Crippen molar-refractivity contribution in [1.29, 1.82) is 0 Å². The number of amides is 2. The lowest BCUT2D eigenvalue weighted by Gasteiger charge is -2.08. The third kappa shape index (κ3) is 4.90. The molecule has 0 fully saturated rings. The molecule has 2 aromatic carbocycles. The van der Waals surface area contributed by atoms with E-state index < -0.39 is 5.91 Å². The lowest BCUT2D eigenvalue weighted by atomic mass is 10.1. The first-order valence-corrected chi connectivity index (χ1v) is 6.58. The van der Waals surface area contributed by atoms with Gasteiger partial charge in [-0.05, 0) is 29.8 Å². The van der Waals surface area contributed by atoms with Crippen LogP contribution in [0.3, 0.4) is 0 Å². The number of anilines is 1. The van der Waals surface area contributed by atoms with Gasteiger partial charge in [-0.2, -0.15) is 0 Å². The van der Waals surface area contributed by atoms with E-state index in [0.717, 1.165) is 0 Å². The second kappa shape index (κ2) is 7.21. The lowest BCUT2D eigenvalue weighted by molar-refractivity contribution is -0.120. The number of benzene rings is 2. The summed E-state index contributed by atoms with van der Waals surface area (Å²) >= 11 is 0. The summed E-state index contributed by atoms with van der Waals surface area (Å²) in [6.45, 7) is -0.235. The summed E-state index contributed by atoms with van der Waals surface area (Å²) < 4.78 is 18.2. The predicted octanol–water partition coefficient (Wildman–Crippen LogP) is 1.87. The second-order valence-electron chi connectivity index (χ2n) is 4.64. The van der Waals surface area contributed by atoms with Gasteiger partial charge < -0.3 is 15.8 Å². The van der Waals surface area contributed by atoms with Gasteiger partial charge in [-0.1, -0.05) is 18.2 Å². The molecule has 0 aliphatic carbocycles. The van der Waals surface area contributed by atoms with Crippen molar-refractivity contribution in [3.05, 3.63) is 59.9 Å². The molecular formula is C16H15FN2O3. The monoisotopic (exact) mass is 302 g/mol. The maximum absolute atomic E-state index is 13.1. The first-order valence-electron chi connectivity index (χ1n) is 6.58. The first kappa shape index (κ1) is 15.5. The molecule has 0 unspecified atom stereocenters. The zero-order chi connectivity index (χ0) is 15.9. The predicted molar refractivity (Wildman–Crippen MR) is 79.9 cm³/mol. The van der Waals surface area contributed by atoms with Crippen molar-refractivity contribution in [2.45, 2.75) is 6.42 Å². The number of halogens is 1. The van der Waals surface area contributed by atoms with E-state index in [1.807, 2.05) is 0 Å². The second-order valence-corrected chi connectivity index (χ2v) is 4.64. The van der Waals surface area contributed by atoms with E-state index in [1.165, 1.54) is 12.1 Å². The van der Waals surface area contributed by atoms with Crippen LogP contribution in [-0.2, 0) is 16.0 Å². The molecule has 0 spiro atoms. The van der Waals surface area contributed by atoms with Crippen molar-refractivity contribution in [3.63, 3.8) is 0 Å². The van der Waals surface area contributed by atoms with E-state index in [2.05, 4.69) is 5.32 Å². The van der Waals surface area contributed by atoms with Crippen LogP contribution in [0.2, 0.25) is 0 Å². The smallest absolute Gasteiger partial charge is 0.255 e. The molecule has 2 rings (SSSR count). The molecule has 3 N–H and O–H groups in total. The van der Waals surface area contributed by atoms with Crippen LogP contribution in [0.15, 0.2) is 48.5 Å². The van der Waals surface area contributed by atoms with Gasteiger partial charge in [0, 0.05) is 11.8 Å². The molecule has 0 bridgehead atoms. The van der Waals surface area contributed by atoms with Crippen LogP contribution in [0.25, 0.3) is 0 Å². The molecule has 0 radical (unpaired) electrons. The van der Waals surface area contributed by atoms with Crippen LogP contribution in [-0.4, -0.2) is 18.4 Å². The summed E-state index contributed by atoms with van der Waals surface area (Å²) in [5.41, 5.74) is 6.09. The molecule has 0 saturated heterocycles. The molecule has 0 heterocycles. The zero-order valence-corrected chi connectivity index (χ0v) is 11.7. The van der Waals surface area contributed by atoms with Crippen LogP contribution in [0.4, 0.5) is 10.1 Å². The van der Waals surface area contributed by atoms with E-state index in [1.54, 1.807) is 36.4 Å². The standard InChI is InChI=1S/C16H15FN2O3/c17-12-4-1-3-11(7-12)8-16(21)19-13-5-2-6-14(9-13)22-10-15(18)20/h1-7,9H,8,10H2,(H2,18,20)(H,19,21). The minimum absolute atomic E-state index is 0.0597. The average Bonchev–Trinajstić information content (AvgIpc) is 2.45. The largest absolute Gasteiger partial charge is 0.484 e. The van der Waals surface area contributed by atoms with Gasteiger partial charge in [0.2, 0.25) is 5.91 Å². The van der Waals surface area contributed by atoms with Gasteiger partial charge in [0.1, 0.15) is 11.6 Å². The summed E-state index contributed by atoms with van der Waals surface area (Å²) in [5, 5.41) is 2.68. The third-order valence-corrected chi connectivity index (χ3v) is 2.75. The van der Waals surface area contributed by atoms with Crippen LogP contribution in [0, 0.1) is 5.82 Å². The van der Waals surface area contributed by atoms with Crippen molar-refractivity contribution in [2.24, 2.45) is 5.73 Å². The Morgan fingerprint density at radius 3 is 2.64 bits per heavy atom. The number of carbonyl (C=O) groups is 2. The minimum atomic E-state index is -0.583. The van der Waals surface area contributed by atoms with Gasteiger partial charge in [0.05, 0.1) is 6.42 Å². The maximum atomic E-state index is 13.1. The van der Waals surface area contributed by atoms with Gasteiger partial charge >= 0.3 is 0 Å². The van der Waals surface area contributed by atoms with E-state index in [0.29, 0.717) is 17.0 Å². The van der Waals surface area contributed by atoms with Crippen molar-refractivity contribution < 1.29 is 18.7 Å². The highest BCUT2D eigenvalue weighted by molar-refractivity contribution is 5.92. The van der Waals surface area contributed by atoms with Crippen LogP contribution in [0.1, 0.15) is 5.56 Å². The molecule has 6 heteroatoms. The Morgan fingerprint density at radius 1 is 1.14 bits per heavy atom. The third-order valence-electron chi connectivity index (χ3n) is 2.75. The van der Waals surface area contributed by atoms with Gasteiger partial charge in [0.15, 0.2) is 6.61 Å². The molecule has 0 aliphatic rings. The van der Waals surface area contributed by atoms with Crippen LogP contribution in [0.5, 0.6) is 5.75 Å². The molecule has 5 nitrogen and oxygen atoms in total. The highest BCUT2D eigenvalue weighted by Gasteiger charge is 2.06. The van der Waals surface area contributed by atoms with Crippen molar-refractivity contribution >= 4 is 17.5 Å². The highest BCUT2D eigenvalue weighted by Crippen LogP contribution is 2.17. The summed E-state index contributed by atoms with van der Waals surface area (Å²) in [4.78, 5) is 22.6. The van der Waals surface area contributed by atoms with Gasteiger partial charge in [0.25, 0.3) is 5.91 Å². The fourth-order valence-electron chi connectivity index (χ4n) is 1.86. The van der Waals surface area contributed by atoms with E-state index in [-0.39, 0.29) is 24.8 Å². The molecule has 2 aromatic rings. The number of carbonyl (C=O) groups excluding carboxylic acids is 2. The summed E-state index contributed by atoms with van der Waals surface area (Å²) in [6, 6.07) is 12.4. The number of nitrogens with two attached hydrogens (primary N) is 1. The van der Waals surface area contributed by atoms with Crippen molar-refractivity contribution in [2.75, 3.05) is 11.9 Å². The van der Waals surface area contributed by atoms with Gasteiger partial charge in [-0.15, -0.1) is 0 Å². The van der Waals surface area contributed by atoms with Crippen LogP contribution < -0.4 is 15.8 Å². The number of nitrogens with one attached hydrogen (secondary N) is 1. The molecule has 2 amide bonds. The Morgan fingerprint density at radius 2 is 1.91 bits per heavy atom. The molecule has 0 aliphatic heterocycles. The summed E-state index contributed by atoms with van der Waals surface area (Å²) in [7, 11) is 0. The summed E-state index contributed by atoms with van der Waals surface area (Å²) in [5.74, 6) is -0.826. The first-order chi connectivity index (χ1) is 10.5. The summed E-state index contributed by atoms with van der Waals surface area (Å²) in [6.07, 6.45) is 0.0597. The zero-order valence-electron chi connectivity index (χ0n) is 11.7. The number of hydrogen-bond donors (Lipinski definition) is 2. The van der Waals surface area contributed by atoms with Gasteiger partial charge in [-0.3, -0.25) is 9.59 Å². The molecule has 0 aromatic heterocycles. The maximum Gasteiger partial charge on any atom is 0.255 e. The van der Waals surface area contributed by atoms with Crippen LogP contribution >= 0.6 is 0 Å². The molecule has 0 atom stereocenters. The number of rotatable bonds is 6. The number of hydrogen-bond acceptors (Lipinski definition) is 3. The van der Waals surface area contributed by atoms with E-state index in [4.69, 9.17) is 10.5 Å². The fraction of sp³-hybridized carbons (Fsp3) is 0.125. The van der Waals surface area contributed by atoms with Gasteiger partial charge in [-0.25, -0.2) is 4.39 Å². The highest BCUT2D eigenvalue weighted by atomic mass is 19.1.